The molecule has 0 spiro atoms. The Balaban J connectivity index is 1.42. The Labute approximate surface area is 148 Å². The number of rotatable bonds is 5. The topological polar surface area (TPSA) is 62.3 Å². The number of likely N-dealkylation sites (tertiary alicyclic amines) is 1. The second-order valence-electron chi connectivity index (χ2n) is 6.33. The van der Waals surface area contributed by atoms with Gasteiger partial charge in [-0.05, 0) is 37.0 Å². The molecule has 5 heteroatoms. The molecule has 0 aliphatic carbocycles. The first-order valence-corrected chi connectivity index (χ1v) is 8.75. The lowest BCUT2D eigenvalue weighted by atomic mass is 9.95. The van der Waals surface area contributed by atoms with Crippen LogP contribution in [0.2, 0.25) is 0 Å². The SMILES string of the molecule is O=C(NCCc1ccccc1)C1CCN(C(=O)c2cccnc2)CC1. The Morgan fingerprint density at radius 3 is 2.52 bits per heavy atom. The minimum Gasteiger partial charge on any atom is -0.356 e. The standard InChI is InChI=1S/C20H23N3O2/c24-19(22-12-8-16-5-2-1-3-6-16)17-9-13-23(14-10-17)20(25)18-7-4-11-21-15-18/h1-7,11,15,17H,8-10,12-14H2,(H,22,24). The van der Waals surface area contributed by atoms with Gasteiger partial charge in [0.2, 0.25) is 5.91 Å². The van der Waals surface area contributed by atoms with Crippen LogP contribution in [0.15, 0.2) is 54.9 Å². The molecule has 0 atom stereocenters. The molecule has 25 heavy (non-hydrogen) atoms. The maximum absolute atomic E-state index is 12.4. The van der Waals surface area contributed by atoms with Gasteiger partial charge in [0.1, 0.15) is 0 Å². The molecule has 1 aliphatic heterocycles. The third kappa shape index (κ3) is 4.66. The number of nitrogens with one attached hydrogen (secondary N) is 1. The molecule has 0 unspecified atom stereocenters. The summed E-state index contributed by atoms with van der Waals surface area (Å²) >= 11 is 0. The number of amides is 2. The van der Waals surface area contributed by atoms with Crippen LogP contribution >= 0.6 is 0 Å². The van der Waals surface area contributed by atoms with Crippen LogP contribution in [-0.4, -0.2) is 41.3 Å². The third-order valence-electron chi connectivity index (χ3n) is 4.62. The molecule has 1 saturated heterocycles. The minimum atomic E-state index is -0.00581. The van der Waals surface area contributed by atoms with Gasteiger partial charge in [-0.2, -0.15) is 0 Å². The van der Waals surface area contributed by atoms with Crippen molar-refractivity contribution in [3.8, 4) is 0 Å². The molecule has 1 N–H and O–H groups in total. The summed E-state index contributed by atoms with van der Waals surface area (Å²) in [6, 6.07) is 13.7. The molecule has 3 rings (SSSR count). The first kappa shape index (κ1) is 17.1. The van der Waals surface area contributed by atoms with Crippen LogP contribution in [-0.2, 0) is 11.2 Å². The van der Waals surface area contributed by atoms with E-state index in [0.29, 0.717) is 38.0 Å². The van der Waals surface area contributed by atoms with E-state index in [1.54, 1.807) is 24.5 Å². The number of nitrogens with zero attached hydrogens (tertiary/aromatic N) is 2. The van der Waals surface area contributed by atoms with Crippen molar-refractivity contribution < 1.29 is 9.59 Å². The monoisotopic (exact) mass is 337 g/mol. The number of carbonyl (C=O) groups is 2. The van der Waals surface area contributed by atoms with E-state index in [1.807, 2.05) is 23.1 Å². The van der Waals surface area contributed by atoms with Crippen molar-refractivity contribution in [2.45, 2.75) is 19.3 Å². The molecule has 130 valence electrons. The molecule has 0 radical (unpaired) electrons. The summed E-state index contributed by atoms with van der Waals surface area (Å²) in [4.78, 5) is 30.5. The lowest BCUT2D eigenvalue weighted by Crippen LogP contribution is -2.43. The minimum absolute atomic E-state index is 0.00367. The van der Waals surface area contributed by atoms with Crippen molar-refractivity contribution in [3.05, 3.63) is 66.0 Å². The third-order valence-corrected chi connectivity index (χ3v) is 4.62. The van der Waals surface area contributed by atoms with Gasteiger partial charge in [-0.15, -0.1) is 0 Å². The average Bonchev–Trinajstić information content (AvgIpc) is 2.69. The van der Waals surface area contributed by atoms with Gasteiger partial charge in [-0.3, -0.25) is 14.6 Å². The van der Waals surface area contributed by atoms with Crippen LogP contribution < -0.4 is 5.32 Å². The Morgan fingerprint density at radius 1 is 1.08 bits per heavy atom. The van der Waals surface area contributed by atoms with Crippen LogP contribution in [0, 0.1) is 5.92 Å². The van der Waals surface area contributed by atoms with Gasteiger partial charge in [0.05, 0.1) is 5.56 Å². The Bertz CT molecular complexity index is 695. The fourth-order valence-electron chi connectivity index (χ4n) is 3.14. The summed E-state index contributed by atoms with van der Waals surface area (Å²) in [5.41, 5.74) is 1.83. The zero-order chi connectivity index (χ0) is 17.5. The Hall–Kier alpha value is -2.69. The highest BCUT2D eigenvalue weighted by atomic mass is 16.2. The lowest BCUT2D eigenvalue weighted by molar-refractivity contribution is -0.126. The van der Waals surface area contributed by atoms with E-state index >= 15 is 0 Å². The number of carbonyl (C=O) groups excluding carboxylic acids is 2. The number of hydrogen-bond donors (Lipinski definition) is 1. The lowest BCUT2D eigenvalue weighted by Gasteiger charge is -2.31. The normalized spacial score (nSPS) is 15.0. The summed E-state index contributed by atoms with van der Waals surface area (Å²) in [5, 5.41) is 3.02. The van der Waals surface area contributed by atoms with E-state index < -0.39 is 0 Å². The van der Waals surface area contributed by atoms with Crippen molar-refractivity contribution in [2.75, 3.05) is 19.6 Å². The quantitative estimate of drug-likeness (QED) is 0.910. The van der Waals surface area contributed by atoms with Crippen LogP contribution in [0.3, 0.4) is 0 Å². The molecular formula is C20H23N3O2. The van der Waals surface area contributed by atoms with Gasteiger partial charge in [0.15, 0.2) is 0 Å². The largest absolute Gasteiger partial charge is 0.356 e. The summed E-state index contributed by atoms with van der Waals surface area (Å²) < 4.78 is 0. The van der Waals surface area contributed by atoms with Crippen LogP contribution in [0.4, 0.5) is 0 Å². The van der Waals surface area contributed by atoms with Crippen LogP contribution in [0.25, 0.3) is 0 Å². The molecule has 0 saturated carbocycles. The van der Waals surface area contributed by atoms with Crippen LogP contribution in [0.5, 0.6) is 0 Å². The van der Waals surface area contributed by atoms with E-state index in [-0.39, 0.29) is 17.7 Å². The zero-order valence-electron chi connectivity index (χ0n) is 14.2. The molecule has 1 fully saturated rings. The molecule has 1 aromatic carbocycles. The predicted molar refractivity (Wildman–Crippen MR) is 96.0 cm³/mol. The van der Waals surface area contributed by atoms with Gasteiger partial charge < -0.3 is 10.2 Å². The number of piperidine rings is 1. The van der Waals surface area contributed by atoms with Gasteiger partial charge in [0.25, 0.3) is 5.91 Å². The van der Waals surface area contributed by atoms with Crippen molar-refractivity contribution >= 4 is 11.8 Å². The van der Waals surface area contributed by atoms with Crippen molar-refractivity contribution in [2.24, 2.45) is 5.92 Å². The Kier molecular flexibility index (Phi) is 5.77. The maximum Gasteiger partial charge on any atom is 0.255 e. The molecule has 1 aromatic heterocycles. The zero-order valence-corrected chi connectivity index (χ0v) is 14.2. The van der Waals surface area contributed by atoms with Crippen molar-refractivity contribution in [1.82, 2.24) is 15.2 Å². The van der Waals surface area contributed by atoms with E-state index in [9.17, 15) is 9.59 Å². The summed E-state index contributed by atoms with van der Waals surface area (Å²) in [7, 11) is 0. The number of benzene rings is 1. The molecule has 0 bridgehead atoms. The number of pyridine rings is 1. The van der Waals surface area contributed by atoms with E-state index in [1.165, 1.54) is 5.56 Å². The summed E-state index contributed by atoms with van der Waals surface area (Å²) in [6.45, 7) is 1.88. The first-order chi connectivity index (χ1) is 12.2. The highest BCUT2D eigenvalue weighted by Gasteiger charge is 2.27. The second kappa shape index (κ2) is 8.42. The number of aromatic nitrogens is 1. The molecule has 2 aromatic rings. The molecule has 2 amide bonds. The van der Waals surface area contributed by atoms with Gasteiger partial charge in [0, 0.05) is 37.9 Å². The molecular weight excluding hydrogens is 314 g/mol. The second-order valence-corrected chi connectivity index (χ2v) is 6.33. The smallest absolute Gasteiger partial charge is 0.255 e. The van der Waals surface area contributed by atoms with E-state index in [2.05, 4.69) is 22.4 Å². The van der Waals surface area contributed by atoms with Gasteiger partial charge >= 0.3 is 0 Å². The molecule has 5 nitrogen and oxygen atoms in total. The first-order valence-electron chi connectivity index (χ1n) is 8.75. The fourth-order valence-corrected chi connectivity index (χ4v) is 3.14. The predicted octanol–water partition coefficient (Wildman–Crippen LogP) is 2.29. The van der Waals surface area contributed by atoms with E-state index in [4.69, 9.17) is 0 Å². The van der Waals surface area contributed by atoms with Crippen molar-refractivity contribution in [1.29, 1.82) is 0 Å². The van der Waals surface area contributed by atoms with Gasteiger partial charge in [-0.25, -0.2) is 0 Å². The average molecular weight is 337 g/mol. The molecule has 1 aliphatic rings. The Morgan fingerprint density at radius 2 is 1.84 bits per heavy atom. The van der Waals surface area contributed by atoms with Gasteiger partial charge in [-0.1, -0.05) is 30.3 Å². The number of hydrogen-bond acceptors (Lipinski definition) is 3. The fraction of sp³-hybridized carbons (Fsp3) is 0.350. The van der Waals surface area contributed by atoms with Crippen LogP contribution in [0.1, 0.15) is 28.8 Å². The maximum atomic E-state index is 12.4. The molecule has 2 heterocycles. The summed E-state index contributed by atoms with van der Waals surface area (Å²) in [5.74, 6) is 0.0918. The summed E-state index contributed by atoms with van der Waals surface area (Å²) in [6.07, 6.45) is 5.50. The van der Waals surface area contributed by atoms with Crippen molar-refractivity contribution in [3.63, 3.8) is 0 Å². The van der Waals surface area contributed by atoms with E-state index in [0.717, 1.165) is 6.42 Å². The highest BCUT2D eigenvalue weighted by Crippen LogP contribution is 2.19. The highest BCUT2D eigenvalue weighted by molar-refractivity contribution is 5.94.